The summed E-state index contributed by atoms with van der Waals surface area (Å²) in [5, 5.41) is 0. The molecule has 0 bridgehead atoms. The molecule has 80 valence electrons. The third-order valence-electron chi connectivity index (χ3n) is 3.03. The normalized spacial score (nSPS) is 17.8. The van der Waals surface area contributed by atoms with Crippen LogP contribution in [0.1, 0.15) is 30.1 Å². The smallest absolute Gasteiger partial charge is 0.153 e. The van der Waals surface area contributed by atoms with Gasteiger partial charge < -0.3 is 4.90 Å². The van der Waals surface area contributed by atoms with Crippen LogP contribution in [0.5, 0.6) is 0 Å². The predicted octanol–water partition coefficient (Wildman–Crippen LogP) is 2.13. The molecule has 0 amide bonds. The Morgan fingerprint density at radius 1 is 1.47 bits per heavy atom. The fourth-order valence-corrected chi connectivity index (χ4v) is 1.99. The maximum absolute atomic E-state index is 10.9. The predicted molar refractivity (Wildman–Crippen MR) is 60.2 cm³/mol. The molecule has 1 saturated heterocycles. The molecular formula is C12H16N2O. The van der Waals surface area contributed by atoms with E-state index in [1.165, 1.54) is 12.8 Å². The summed E-state index contributed by atoms with van der Waals surface area (Å²) in [5.41, 5.74) is 0.701. The van der Waals surface area contributed by atoms with Gasteiger partial charge in [-0.3, -0.25) is 4.79 Å². The number of piperidine rings is 1. The second-order valence-electron chi connectivity index (χ2n) is 4.20. The Morgan fingerprint density at radius 2 is 2.20 bits per heavy atom. The molecule has 1 aromatic heterocycles. The second-order valence-corrected chi connectivity index (χ2v) is 4.20. The van der Waals surface area contributed by atoms with Gasteiger partial charge in [-0.15, -0.1) is 0 Å². The van der Waals surface area contributed by atoms with E-state index >= 15 is 0 Å². The fraction of sp³-hybridized carbons (Fsp3) is 0.500. The topological polar surface area (TPSA) is 33.2 Å². The first-order valence-corrected chi connectivity index (χ1v) is 5.46. The van der Waals surface area contributed by atoms with Gasteiger partial charge in [-0.25, -0.2) is 4.98 Å². The second kappa shape index (κ2) is 4.43. The quantitative estimate of drug-likeness (QED) is 0.692. The number of carbonyl (C=O) groups excluding carboxylic acids is 1. The Bertz CT molecular complexity index is 343. The van der Waals surface area contributed by atoms with Crippen LogP contribution >= 0.6 is 0 Å². The Labute approximate surface area is 90.1 Å². The highest BCUT2D eigenvalue weighted by Gasteiger charge is 2.18. The largest absolute Gasteiger partial charge is 0.356 e. The van der Waals surface area contributed by atoms with Crippen LogP contribution < -0.4 is 4.90 Å². The lowest BCUT2D eigenvalue weighted by molar-refractivity contribution is 0.112. The monoisotopic (exact) mass is 204 g/mol. The first-order valence-electron chi connectivity index (χ1n) is 5.46. The summed E-state index contributed by atoms with van der Waals surface area (Å²) in [4.78, 5) is 17.4. The number of carbonyl (C=O) groups is 1. The molecule has 1 fully saturated rings. The van der Waals surface area contributed by atoms with Crippen molar-refractivity contribution in [1.82, 2.24) is 4.98 Å². The minimum absolute atomic E-state index is 0.701. The van der Waals surface area contributed by atoms with Crippen molar-refractivity contribution in [1.29, 1.82) is 0 Å². The van der Waals surface area contributed by atoms with E-state index in [0.717, 1.165) is 31.1 Å². The minimum atomic E-state index is 0.701. The van der Waals surface area contributed by atoms with Gasteiger partial charge in [0.15, 0.2) is 6.29 Å². The number of rotatable bonds is 2. The summed E-state index contributed by atoms with van der Waals surface area (Å²) in [6.45, 7) is 4.30. The Hall–Kier alpha value is -1.38. The van der Waals surface area contributed by atoms with Gasteiger partial charge in [0.05, 0.1) is 5.56 Å². The van der Waals surface area contributed by atoms with E-state index in [2.05, 4.69) is 16.8 Å². The molecule has 15 heavy (non-hydrogen) atoms. The maximum Gasteiger partial charge on any atom is 0.153 e. The third kappa shape index (κ3) is 2.17. The molecule has 3 heteroatoms. The van der Waals surface area contributed by atoms with Crippen molar-refractivity contribution in [2.24, 2.45) is 5.92 Å². The van der Waals surface area contributed by atoms with Gasteiger partial charge in [0.2, 0.25) is 0 Å². The van der Waals surface area contributed by atoms with Crippen molar-refractivity contribution < 1.29 is 4.79 Å². The number of nitrogens with zero attached hydrogens (tertiary/aromatic N) is 2. The molecular weight excluding hydrogens is 188 g/mol. The molecule has 0 unspecified atom stereocenters. The molecule has 0 aromatic carbocycles. The molecule has 0 spiro atoms. The summed E-state index contributed by atoms with van der Waals surface area (Å²) >= 11 is 0. The van der Waals surface area contributed by atoms with E-state index < -0.39 is 0 Å². The molecule has 1 aromatic rings. The molecule has 1 aliphatic rings. The lowest BCUT2D eigenvalue weighted by atomic mass is 9.99. The summed E-state index contributed by atoms with van der Waals surface area (Å²) in [7, 11) is 0. The van der Waals surface area contributed by atoms with E-state index in [1.807, 2.05) is 6.07 Å². The van der Waals surface area contributed by atoms with Crippen molar-refractivity contribution in [3.05, 3.63) is 23.9 Å². The van der Waals surface area contributed by atoms with E-state index in [-0.39, 0.29) is 0 Å². The molecule has 0 atom stereocenters. The van der Waals surface area contributed by atoms with E-state index in [0.29, 0.717) is 5.56 Å². The van der Waals surface area contributed by atoms with Crippen molar-refractivity contribution in [3.8, 4) is 0 Å². The van der Waals surface area contributed by atoms with Crippen molar-refractivity contribution in [3.63, 3.8) is 0 Å². The maximum atomic E-state index is 10.9. The number of aromatic nitrogens is 1. The fourth-order valence-electron chi connectivity index (χ4n) is 1.99. The van der Waals surface area contributed by atoms with E-state index in [4.69, 9.17) is 0 Å². The zero-order chi connectivity index (χ0) is 10.7. The molecule has 2 rings (SSSR count). The molecule has 0 N–H and O–H groups in total. The highest BCUT2D eigenvalue weighted by atomic mass is 16.1. The van der Waals surface area contributed by atoms with Gasteiger partial charge in [-0.1, -0.05) is 6.92 Å². The molecule has 0 radical (unpaired) electrons. The first kappa shape index (κ1) is 10.1. The number of hydrogen-bond donors (Lipinski definition) is 0. The molecule has 3 nitrogen and oxygen atoms in total. The van der Waals surface area contributed by atoms with Crippen molar-refractivity contribution >= 4 is 12.1 Å². The number of aldehydes is 1. The lowest BCUT2D eigenvalue weighted by Crippen LogP contribution is -2.34. The Kier molecular flexibility index (Phi) is 2.99. The average Bonchev–Trinajstić information content (AvgIpc) is 2.30. The molecule has 0 aliphatic carbocycles. The van der Waals surface area contributed by atoms with Crippen LogP contribution in [0.2, 0.25) is 0 Å². The highest BCUT2D eigenvalue weighted by molar-refractivity contribution is 5.82. The van der Waals surface area contributed by atoms with Crippen LogP contribution in [-0.2, 0) is 0 Å². The van der Waals surface area contributed by atoms with Crippen LogP contribution in [0.3, 0.4) is 0 Å². The summed E-state index contributed by atoms with van der Waals surface area (Å²) < 4.78 is 0. The number of anilines is 1. The minimum Gasteiger partial charge on any atom is -0.356 e. The van der Waals surface area contributed by atoms with Gasteiger partial charge in [0, 0.05) is 19.3 Å². The van der Waals surface area contributed by atoms with Gasteiger partial charge >= 0.3 is 0 Å². The van der Waals surface area contributed by atoms with Gasteiger partial charge in [0.1, 0.15) is 5.82 Å². The third-order valence-corrected chi connectivity index (χ3v) is 3.03. The highest BCUT2D eigenvalue weighted by Crippen LogP contribution is 2.22. The summed E-state index contributed by atoms with van der Waals surface area (Å²) in [5.74, 6) is 1.64. The van der Waals surface area contributed by atoms with Crippen LogP contribution in [0.15, 0.2) is 18.3 Å². The zero-order valence-corrected chi connectivity index (χ0v) is 9.02. The lowest BCUT2D eigenvalue weighted by Gasteiger charge is -2.31. The Morgan fingerprint density at radius 3 is 2.87 bits per heavy atom. The van der Waals surface area contributed by atoms with Crippen LogP contribution in [-0.4, -0.2) is 24.4 Å². The van der Waals surface area contributed by atoms with Crippen LogP contribution in [0, 0.1) is 5.92 Å². The molecule has 1 aliphatic heterocycles. The van der Waals surface area contributed by atoms with E-state index in [1.54, 1.807) is 12.3 Å². The first-order chi connectivity index (χ1) is 7.31. The summed E-state index contributed by atoms with van der Waals surface area (Å²) in [6, 6.07) is 3.63. The van der Waals surface area contributed by atoms with E-state index in [9.17, 15) is 4.79 Å². The van der Waals surface area contributed by atoms with Crippen LogP contribution in [0.4, 0.5) is 5.82 Å². The van der Waals surface area contributed by atoms with Crippen molar-refractivity contribution in [2.45, 2.75) is 19.8 Å². The SMILES string of the molecule is CC1CCN(c2ncccc2C=O)CC1. The Balaban J connectivity index is 2.18. The standard InChI is InChI=1S/C12H16N2O/c1-10-4-7-14(8-5-10)12-11(9-15)3-2-6-13-12/h2-3,6,9-10H,4-5,7-8H2,1H3. The van der Waals surface area contributed by atoms with Gasteiger partial charge in [0.25, 0.3) is 0 Å². The number of pyridine rings is 1. The number of hydrogen-bond acceptors (Lipinski definition) is 3. The van der Waals surface area contributed by atoms with Crippen molar-refractivity contribution in [2.75, 3.05) is 18.0 Å². The molecule has 0 saturated carbocycles. The zero-order valence-electron chi connectivity index (χ0n) is 9.02. The summed E-state index contributed by atoms with van der Waals surface area (Å²) in [6.07, 6.45) is 5.02. The average molecular weight is 204 g/mol. The van der Waals surface area contributed by atoms with Gasteiger partial charge in [-0.05, 0) is 30.9 Å². The van der Waals surface area contributed by atoms with Gasteiger partial charge in [-0.2, -0.15) is 0 Å². The molecule has 2 heterocycles. The van der Waals surface area contributed by atoms with Crippen LogP contribution in [0.25, 0.3) is 0 Å².